The van der Waals surface area contributed by atoms with Crippen molar-refractivity contribution in [3.63, 3.8) is 0 Å². The van der Waals surface area contributed by atoms with E-state index in [0.29, 0.717) is 6.04 Å². The van der Waals surface area contributed by atoms with Crippen LogP contribution in [0, 0.1) is 6.92 Å². The molecule has 17 heavy (non-hydrogen) atoms. The molecule has 4 heteroatoms. The maximum absolute atomic E-state index is 9.11. The Morgan fingerprint density at radius 3 is 3.06 bits per heavy atom. The Hall–Kier alpha value is -1.29. The molecule has 0 radical (unpaired) electrons. The van der Waals surface area contributed by atoms with E-state index in [0.717, 1.165) is 36.5 Å². The number of hydrogen-bond acceptors (Lipinski definition) is 4. The van der Waals surface area contributed by atoms with E-state index in [-0.39, 0.29) is 6.61 Å². The van der Waals surface area contributed by atoms with Crippen molar-refractivity contribution in [1.82, 2.24) is 4.98 Å². The highest BCUT2D eigenvalue weighted by Crippen LogP contribution is 2.26. The molecular formula is C13H21N3O. The molecule has 2 rings (SSSR count). The van der Waals surface area contributed by atoms with E-state index in [1.165, 1.54) is 12.8 Å². The summed E-state index contributed by atoms with van der Waals surface area (Å²) in [7, 11) is 0. The third-order valence-corrected chi connectivity index (χ3v) is 3.51. The van der Waals surface area contributed by atoms with Gasteiger partial charge in [0.05, 0.1) is 0 Å². The Bertz CT molecular complexity index is 379. The van der Waals surface area contributed by atoms with Crippen molar-refractivity contribution in [2.45, 2.75) is 38.6 Å². The lowest BCUT2D eigenvalue weighted by Crippen LogP contribution is -2.40. The summed E-state index contributed by atoms with van der Waals surface area (Å²) >= 11 is 0. The van der Waals surface area contributed by atoms with Gasteiger partial charge < -0.3 is 15.7 Å². The highest BCUT2D eigenvalue weighted by Gasteiger charge is 2.23. The van der Waals surface area contributed by atoms with Crippen LogP contribution in [0.3, 0.4) is 0 Å². The van der Waals surface area contributed by atoms with Crippen LogP contribution >= 0.6 is 0 Å². The predicted molar refractivity (Wildman–Crippen MR) is 70.1 cm³/mol. The Morgan fingerprint density at radius 2 is 2.35 bits per heavy atom. The summed E-state index contributed by atoms with van der Waals surface area (Å²) in [6, 6.07) is 2.36. The lowest BCUT2D eigenvalue weighted by Gasteiger charge is -2.36. The maximum atomic E-state index is 9.11. The number of aromatic nitrogens is 1. The van der Waals surface area contributed by atoms with Crippen LogP contribution < -0.4 is 10.6 Å². The van der Waals surface area contributed by atoms with Crippen LogP contribution in [0.1, 0.15) is 31.2 Å². The van der Waals surface area contributed by atoms with Crippen molar-refractivity contribution in [2.75, 3.05) is 23.8 Å². The van der Waals surface area contributed by atoms with Gasteiger partial charge in [-0.2, -0.15) is 0 Å². The molecule has 0 amide bonds. The number of aryl methyl sites for hydroxylation is 1. The average Bonchev–Trinajstić information content (AvgIpc) is 2.34. The average molecular weight is 235 g/mol. The van der Waals surface area contributed by atoms with Crippen molar-refractivity contribution in [1.29, 1.82) is 0 Å². The molecule has 0 bridgehead atoms. The third kappa shape index (κ3) is 2.69. The van der Waals surface area contributed by atoms with Gasteiger partial charge in [0.15, 0.2) is 0 Å². The summed E-state index contributed by atoms with van der Waals surface area (Å²) in [6.45, 7) is 3.22. The number of aliphatic hydroxyl groups excluding tert-OH is 1. The zero-order valence-electron chi connectivity index (χ0n) is 10.4. The molecule has 3 N–H and O–H groups in total. The minimum atomic E-state index is 0.239. The number of nitrogens with two attached hydrogens (primary N) is 1. The molecule has 1 saturated heterocycles. The summed E-state index contributed by atoms with van der Waals surface area (Å²) in [4.78, 5) is 6.75. The van der Waals surface area contributed by atoms with Gasteiger partial charge in [0.25, 0.3) is 0 Å². The first-order valence-corrected chi connectivity index (χ1v) is 6.32. The molecule has 0 spiro atoms. The van der Waals surface area contributed by atoms with Gasteiger partial charge >= 0.3 is 0 Å². The molecule has 0 aromatic carbocycles. The molecule has 1 fully saturated rings. The van der Waals surface area contributed by atoms with Gasteiger partial charge in [-0.15, -0.1) is 0 Å². The number of nitrogens with zero attached hydrogens (tertiary/aromatic N) is 2. The quantitative estimate of drug-likeness (QED) is 0.837. The monoisotopic (exact) mass is 235 g/mol. The Labute approximate surface area is 102 Å². The highest BCUT2D eigenvalue weighted by atomic mass is 16.3. The van der Waals surface area contributed by atoms with Crippen LogP contribution in [0.4, 0.5) is 11.5 Å². The standard InChI is InChI=1S/C13H21N3O/c1-10-9-15-13(8-12(10)14)16-6-3-2-4-11(16)5-7-17/h8-9,11,17H,2-7H2,1H3,(H2,14,15). The molecule has 4 nitrogen and oxygen atoms in total. The van der Waals surface area contributed by atoms with Gasteiger partial charge in [-0.05, 0) is 38.2 Å². The van der Waals surface area contributed by atoms with Crippen molar-refractivity contribution < 1.29 is 5.11 Å². The highest BCUT2D eigenvalue weighted by molar-refractivity contribution is 5.55. The van der Waals surface area contributed by atoms with Crippen LogP contribution in [0.2, 0.25) is 0 Å². The molecule has 1 unspecified atom stereocenters. The third-order valence-electron chi connectivity index (χ3n) is 3.51. The van der Waals surface area contributed by atoms with E-state index in [1.807, 2.05) is 19.2 Å². The first-order valence-electron chi connectivity index (χ1n) is 6.32. The first-order chi connectivity index (χ1) is 8.22. The zero-order valence-corrected chi connectivity index (χ0v) is 10.4. The molecule has 94 valence electrons. The van der Waals surface area contributed by atoms with E-state index in [2.05, 4.69) is 9.88 Å². The number of nitrogen functional groups attached to an aromatic ring is 1. The molecule has 2 heterocycles. The van der Waals surface area contributed by atoms with Crippen LogP contribution in [-0.2, 0) is 0 Å². The SMILES string of the molecule is Cc1cnc(N2CCCCC2CCO)cc1N. The van der Waals surface area contributed by atoms with Gasteiger partial charge in [0, 0.05) is 37.1 Å². The second-order valence-corrected chi connectivity index (χ2v) is 4.75. The van der Waals surface area contributed by atoms with Gasteiger partial charge in [0.1, 0.15) is 5.82 Å². The molecule has 0 saturated carbocycles. The molecule has 1 aliphatic rings. The second kappa shape index (κ2) is 5.36. The molecule has 1 atom stereocenters. The number of rotatable bonds is 3. The van der Waals surface area contributed by atoms with E-state index in [1.54, 1.807) is 0 Å². The Balaban J connectivity index is 2.20. The van der Waals surface area contributed by atoms with Crippen molar-refractivity contribution in [3.8, 4) is 0 Å². The van der Waals surface area contributed by atoms with Gasteiger partial charge in [0.2, 0.25) is 0 Å². The van der Waals surface area contributed by atoms with Crippen LogP contribution in [0.5, 0.6) is 0 Å². The number of hydrogen-bond donors (Lipinski definition) is 2. The summed E-state index contributed by atoms with van der Waals surface area (Å²) in [5.41, 5.74) is 7.74. The van der Waals surface area contributed by atoms with Crippen LogP contribution in [0.15, 0.2) is 12.3 Å². The topological polar surface area (TPSA) is 62.4 Å². The second-order valence-electron chi connectivity index (χ2n) is 4.75. The van der Waals surface area contributed by atoms with E-state index in [9.17, 15) is 0 Å². The summed E-state index contributed by atoms with van der Waals surface area (Å²) in [6.07, 6.45) is 6.21. The fourth-order valence-corrected chi connectivity index (χ4v) is 2.44. The molecular weight excluding hydrogens is 214 g/mol. The van der Waals surface area contributed by atoms with Gasteiger partial charge in [-0.1, -0.05) is 0 Å². The maximum Gasteiger partial charge on any atom is 0.130 e. The van der Waals surface area contributed by atoms with Crippen LogP contribution in [0.25, 0.3) is 0 Å². The zero-order chi connectivity index (χ0) is 12.3. The minimum absolute atomic E-state index is 0.239. The smallest absolute Gasteiger partial charge is 0.130 e. The normalized spacial score (nSPS) is 20.6. The van der Waals surface area contributed by atoms with Crippen molar-refractivity contribution in [2.24, 2.45) is 0 Å². The Kier molecular flexibility index (Phi) is 3.84. The Morgan fingerprint density at radius 1 is 1.53 bits per heavy atom. The number of piperidine rings is 1. The first kappa shape index (κ1) is 12.2. The van der Waals surface area contributed by atoms with Crippen molar-refractivity contribution in [3.05, 3.63) is 17.8 Å². The lowest BCUT2D eigenvalue weighted by molar-refractivity contribution is 0.262. The van der Waals surface area contributed by atoms with Gasteiger partial charge in [-0.25, -0.2) is 4.98 Å². The van der Waals surface area contributed by atoms with Crippen LogP contribution in [-0.4, -0.2) is 29.3 Å². The minimum Gasteiger partial charge on any atom is -0.398 e. The number of aliphatic hydroxyl groups is 1. The summed E-state index contributed by atoms with van der Waals surface area (Å²) in [5.74, 6) is 0.950. The van der Waals surface area contributed by atoms with Crippen molar-refractivity contribution >= 4 is 11.5 Å². The molecule has 0 aliphatic carbocycles. The van der Waals surface area contributed by atoms with E-state index < -0.39 is 0 Å². The summed E-state index contributed by atoms with van der Waals surface area (Å²) in [5, 5.41) is 9.11. The van der Waals surface area contributed by atoms with E-state index in [4.69, 9.17) is 10.8 Å². The molecule has 1 aromatic rings. The largest absolute Gasteiger partial charge is 0.398 e. The fraction of sp³-hybridized carbons (Fsp3) is 0.615. The predicted octanol–water partition coefficient (Wildman–Crippen LogP) is 1.71. The van der Waals surface area contributed by atoms with Gasteiger partial charge in [-0.3, -0.25) is 0 Å². The number of pyridine rings is 1. The molecule has 1 aliphatic heterocycles. The molecule has 1 aromatic heterocycles. The van der Waals surface area contributed by atoms with E-state index >= 15 is 0 Å². The lowest BCUT2D eigenvalue weighted by atomic mass is 9.99. The fourth-order valence-electron chi connectivity index (χ4n) is 2.44. The summed E-state index contributed by atoms with van der Waals surface area (Å²) < 4.78 is 0. The number of anilines is 2.